The second-order valence-electron chi connectivity index (χ2n) is 13.6. The largest absolute Gasteiger partial charge is 0.291 e. The number of rotatable bonds is 4. The maximum Gasteiger partial charge on any atom is 0.156 e. The Morgan fingerprint density at radius 2 is 0.846 bits per heavy atom. The van der Waals surface area contributed by atoms with Crippen LogP contribution in [-0.2, 0) is 0 Å². The van der Waals surface area contributed by atoms with Crippen LogP contribution in [0, 0.1) is 0 Å². The number of imidazole rings is 1. The van der Waals surface area contributed by atoms with Crippen molar-refractivity contribution in [1.82, 2.24) is 9.38 Å². The molecule has 0 amide bonds. The number of thiophene rings is 1. The Morgan fingerprint density at radius 1 is 0.385 bits per heavy atom. The minimum atomic E-state index is 1.01. The molecular formula is C49H30N2S. The molecule has 3 heteroatoms. The van der Waals surface area contributed by atoms with Crippen LogP contribution in [0.15, 0.2) is 182 Å². The van der Waals surface area contributed by atoms with E-state index in [0.717, 1.165) is 22.4 Å². The van der Waals surface area contributed by atoms with Gasteiger partial charge in [0.25, 0.3) is 0 Å². The Hall–Kier alpha value is -6.55. The summed E-state index contributed by atoms with van der Waals surface area (Å²) in [5, 5.41) is 7.49. The number of benzene rings is 8. The van der Waals surface area contributed by atoms with Crippen LogP contribution >= 0.6 is 11.3 Å². The number of fused-ring (bicyclic) bond motifs is 9. The topological polar surface area (TPSA) is 17.3 Å². The second-order valence-corrected chi connectivity index (χ2v) is 14.7. The van der Waals surface area contributed by atoms with Crippen molar-refractivity contribution in [1.29, 1.82) is 0 Å². The smallest absolute Gasteiger partial charge is 0.156 e. The summed E-state index contributed by atoms with van der Waals surface area (Å²) in [7, 11) is 0. The highest BCUT2D eigenvalue weighted by atomic mass is 32.1. The first-order valence-corrected chi connectivity index (χ1v) is 18.5. The molecule has 0 aliphatic carbocycles. The monoisotopic (exact) mass is 678 g/mol. The van der Waals surface area contributed by atoms with Gasteiger partial charge in [0, 0.05) is 15.5 Å². The standard InChI is InChI=1S/C49H30N2S/c1-2-8-31(9-3-1)32-14-16-33(17-15-32)34-18-20-35(21-19-34)36-22-24-37(25-23-36)45-30-43-42-26-38-10-4-7-13-41(38)29-47(42)52-48(43)49-50-44-27-39-11-5-6-12-40(39)28-46(44)51(45)49/h1-30H. The lowest BCUT2D eigenvalue weighted by atomic mass is 9.97. The fourth-order valence-corrected chi connectivity index (χ4v) is 9.05. The van der Waals surface area contributed by atoms with E-state index in [-0.39, 0.29) is 0 Å². The summed E-state index contributed by atoms with van der Waals surface area (Å²) in [6.45, 7) is 0. The molecule has 0 aliphatic rings. The van der Waals surface area contributed by atoms with Gasteiger partial charge in [0.15, 0.2) is 5.65 Å². The normalized spacial score (nSPS) is 11.8. The molecule has 0 unspecified atom stereocenters. The van der Waals surface area contributed by atoms with Crippen LogP contribution in [0.3, 0.4) is 0 Å². The highest BCUT2D eigenvalue weighted by molar-refractivity contribution is 7.26. The lowest BCUT2D eigenvalue weighted by Gasteiger charge is -2.11. The van der Waals surface area contributed by atoms with Crippen molar-refractivity contribution < 1.29 is 0 Å². The van der Waals surface area contributed by atoms with E-state index in [1.54, 1.807) is 0 Å². The van der Waals surface area contributed by atoms with Gasteiger partial charge in [-0.15, -0.1) is 11.3 Å². The zero-order valence-electron chi connectivity index (χ0n) is 28.1. The third-order valence-corrected chi connectivity index (χ3v) is 11.7. The van der Waals surface area contributed by atoms with E-state index >= 15 is 0 Å². The van der Waals surface area contributed by atoms with Crippen LogP contribution in [0.2, 0.25) is 0 Å². The van der Waals surface area contributed by atoms with Crippen molar-refractivity contribution >= 4 is 69.7 Å². The molecule has 0 aliphatic heterocycles. The van der Waals surface area contributed by atoms with Crippen molar-refractivity contribution in [2.75, 3.05) is 0 Å². The maximum atomic E-state index is 5.34. The van der Waals surface area contributed by atoms with Crippen LogP contribution in [0.5, 0.6) is 0 Å². The zero-order valence-corrected chi connectivity index (χ0v) is 28.9. The van der Waals surface area contributed by atoms with Gasteiger partial charge < -0.3 is 0 Å². The molecule has 0 spiro atoms. The third-order valence-electron chi connectivity index (χ3n) is 10.6. The first kappa shape index (κ1) is 29.2. The molecule has 11 rings (SSSR count). The van der Waals surface area contributed by atoms with Gasteiger partial charge in [-0.2, -0.15) is 0 Å². The molecule has 0 saturated heterocycles. The van der Waals surface area contributed by atoms with Crippen LogP contribution in [0.1, 0.15) is 0 Å². The van der Waals surface area contributed by atoms with Gasteiger partial charge >= 0.3 is 0 Å². The molecule has 0 atom stereocenters. The summed E-state index contributed by atoms with van der Waals surface area (Å²) >= 11 is 1.84. The zero-order chi connectivity index (χ0) is 34.2. The van der Waals surface area contributed by atoms with Crippen molar-refractivity contribution in [2.24, 2.45) is 0 Å². The van der Waals surface area contributed by atoms with Gasteiger partial charge in [-0.1, -0.05) is 152 Å². The average Bonchev–Trinajstić information content (AvgIpc) is 3.77. The van der Waals surface area contributed by atoms with Crippen LogP contribution in [-0.4, -0.2) is 9.38 Å². The Morgan fingerprint density at radius 3 is 1.42 bits per heavy atom. The highest BCUT2D eigenvalue weighted by Crippen LogP contribution is 2.42. The number of aromatic nitrogens is 2. The van der Waals surface area contributed by atoms with E-state index in [1.165, 1.54) is 80.7 Å². The quantitative estimate of drug-likeness (QED) is 0.181. The van der Waals surface area contributed by atoms with Crippen LogP contribution in [0.25, 0.3) is 103 Å². The molecule has 0 radical (unpaired) electrons. The first-order chi connectivity index (χ1) is 25.7. The minimum Gasteiger partial charge on any atom is -0.291 e. The number of hydrogen-bond acceptors (Lipinski definition) is 2. The molecule has 11 aromatic rings. The van der Waals surface area contributed by atoms with E-state index in [9.17, 15) is 0 Å². The van der Waals surface area contributed by atoms with Gasteiger partial charge in [-0.3, -0.25) is 4.40 Å². The number of pyridine rings is 1. The third kappa shape index (κ3) is 4.67. The summed E-state index contributed by atoms with van der Waals surface area (Å²) in [5.74, 6) is 0. The molecule has 3 heterocycles. The fourth-order valence-electron chi connectivity index (χ4n) is 7.86. The van der Waals surface area contributed by atoms with E-state index in [2.05, 4.69) is 186 Å². The summed E-state index contributed by atoms with van der Waals surface area (Å²) in [6, 6.07) is 66.2. The van der Waals surface area contributed by atoms with E-state index < -0.39 is 0 Å². The predicted octanol–water partition coefficient (Wildman–Crippen LogP) is 13.8. The molecule has 0 saturated carbocycles. The van der Waals surface area contributed by atoms with Crippen molar-refractivity contribution in [3.8, 4) is 44.6 Å². The van der Waals surface area contributed by atoms with E-state index in [0.29, 0.717) is 0 Å². The number of hydrogen-bond donors (Lipinski definition) is 0. The van der Waals surface area contributed by atoms with Gasteiger partial charge in [-0.05, 0) is 90.8 Å². The summed E-state index contributed by atoms with van der Waals surface area (Å²) in [5.41, 5.74) is 12.8. The Kier molecular flexibility index (Phi) is 6.46. The molecule has 0 fully saturated rings. The Balaban J connectivity index is 1.02. The maximum absolute atomic E-state index is 5.34. The summed E-state index contributed by atoms with van der Waals surface area (Å²) in [6.07, 6.45) is 0. The second kappa shape index (κ2) is 11.5. The van der Waals surface area contributed by atoms with Gasteiger partial charge in [0.05, 0.1) is 21.4 Å². The van der Waals surface area contributed by atoms with E-state index in [1.807, 2.05) is 11.3 Å². The van der Waals surface area contributed by atoms with Gasteiger partial charge in [0.2, 0.25) is 0 Å². The highest BCUT2D eigenvalue weighted by Gasteiger charge is 2.19. The molecule has 3 aromatic heterocycles. The molecule has 242 valence electrons. The van der Waals surface area contributed by atoms with Crippen LogP contribution < -0.4 is 0 Å². The molecule has 2 nitrogen and oxygen atoms in total. The van der Waals surface area contributed by atoms with E-state index in [4.69, 9.17) is 4.98 Å². The fraction of sp³-hybridized carbons (Fsp3) is 0. The lowest BCUT2D eigenvalue weighted by molar-refractivity contribution is 1.25. The van der Waals surface area contributed by atoms with Crippen molar-refractivity contribution in [3.05, 3.63) is 182 Å². The number of nitrogens with zero attached hydrogens (tertiary/aromatic N) is 2. The van der Waals surface area contributed by atoms with Gasteiger partial charge in [-0.25, -0.2) is 4.98 Å². The van der Waals surface area contributed by atoms with Crippen molar-refractivity contribution in [3.63, 3.8) is 0 Å². The Bertz CT molecular complexity index is 3130. The SMILES string of the molecule is c1ccc(-c2ccc(-c3ccc(-c4ccc(-c5cc6c7cc8ccccc8cc7sc6c6nc7cc8ccccc8cc7n56)cc4)cc3)cc2)cc1. The van der Waals surface area contributed by atoms with Gasteiger partial charge in [0.1, 0.15) is 0 Å². The average molecular weight is 679 g/mol. The minimum absolute atomic E-state index is 1.01. The molecule has 52 heavy (non-hydrogen) atoms. The molecule has 8 aromatic carbocycles. The molecule has 0 N–H and O–H groups in total. The summed E-state index contributed by atoms with van der Waals surface area (Å²) < 4.78 is 4.89. The Labute approximate surface area is 304 Å². The molecular weight excluding hydrogens is 649 g/mol. The molecule has 0 bridgehead atoms. The summed E-state index contributed by atoms with van der Waals surface area (Å²) in [4.78, 5) is 5.34. The lowest BCUT2D eigenvalue weighted by Crippen LogP contribution is -1.93. The van der Waals surface area contributed by atoms with Crippen molar-refractivity contribution in [2.45, 2.75) is 0 Å². The van der Waals surface area contributed by atoms with Crippen LogP contribution in [0.4, 0.5) is 0 Å². The predicted molar refractivity (Wildman–Crippen MR) is 222 cm³/mol. The first-order valence-electron chi connectivity index (χ1n) is 17.7.